The molecule has 3 aromatic carbocycles. The van der Waals surface area contributed by atoms with Gasteiger partial charge in [0.25, 0.3) is 11.1 Å². The van der Waals surface area contributed by atoms with Gasteiger partial charge in [0.1, 0.15) is 18.2 Å². The van der Waals surface area contributed by atoms with E-state index < -0.39 is 11.1 Å². The van der Waals surface area contributed by atoms with Gasteiger partial charge < -0.3 is 14.5 Å². The monoisotopic (exact) mass is 449 g/mol. The van der Waals surface area contributed by atoms with Gasteiger partial charge in [0.05, 0.1) is 10.8 Å². The minimum Gasteiger partial charge on any atom is -0.489 e. The third kappa shape index (κ3) is 5.53. The third-order valence-electron chi connectivity index (χ3n) is 4.53. The minimum absolute atomic E-state index is 0.0734. The first-order valence-corrected chi connectivity index (χ1v) is 10.8. The Kier molecular flexibility index (Phi) is 6.81. The molecule has 1 amide bonds. The molecular weight excluding hydrogens is 429 g/mol. The molecule has 0 radical (unpaired) electrons. The summed E-state index contributed by atoms with van der Waals surface area (Å²) >= 11 is 1.10. The van der Waals surface area contributed by atoms with Crippen LogP contribution in [0.1, 0.15) is 12.5 Å². The molecule has 0 aliphatic carbocycles. The Morgan fingerprint density at radius 3 is 2.50 bits per heavy atom. The van der Waals surface area contributed by atoms with E-state index in [0.717, 1.165) is 17.3 Å². The molecule has 0 saturated heterocycles. The Morgan fingerprint density at radius 2 is 1.75 bits per heavy atom. The number of amides is 1. The smallest absolute Gasteiger partial charge is 0.277 e. The summed E-state index contributed by atoms with van der Waals surface area (Å²) in [6, 6.07) is 23.2. The predicted octanol–water partition coefficient (Wildman–Crippen LogP) is 5.57. The summed E-state index contributed by atoms with van der Waals surface area (Å²) in [7, 11) is 0. The van der Waals surface area contributed by atoms with Crippen LogP contribution in [-0.4, -0.2) is 21.4 Å². The average molecular weight is 450 g/mol. The van der Waals surface area contributed by atoms with E-state index in [1.807, 2.05) is 30.3 Å². The van der Waals surface area contributed by atoms with E-state index in [-0.39, 0.29) is 22.6 Å². The molecule has 0 unspecified atom stereocenters. The Balaban J connectivity index is 1.30. The molecule has 4 aromatic rings. The largest absolute Gasteiger partial charge is 0.489 e. The van der Waals surface area contributed by atoms with Crippen LogP contribution in [0.25, 0.3) is 11.5 Å². The van der Waals surface area contributed by atoms with Gasteiger partial charge in [-0.2, -0.15) is 0 Å². The van der Waals surface area contributed by atoms with Crippen molar-refractivity contribution >= 4 is 23.4 Å². The molecule has 0 fully saturated rings. The van der Waals surface area contributed by atoms with Gasteiger partial charge in [-0.25, -0.2) is 4.39 Å². The Bertz CT molecular complexity index is 1180. The number of carbonyl (C=O) groups is 1. The number of carbonyl (C=O) groups excluding carboxylic acids is 1. The highest BCUT2D eigenvalue weighted by molar-refractivity contribution is 8.00. The molecule has 1 N–H and O–H groups in total. The molecule has 4 rings (SSSR count). The first-order valence-electron chi connectivity index (χ1n) is 9.91. The fourth-order valence-electron chi connectivity index (χ4n) is 2.82. The number of thioether (sulfide) groups is 1. The van der Waals surface area contributed by atoms with Crippen LogP contribution in [0, 0.1) is 5.82 Å². The second-order valence-corrected chi connectivity index (χ2v) is 8.19. The van der Waals surface area contributed by atoms with Crippen molar-refractivity contribution in [2.45, 2.75) is 24.0 Å². The highest BCUT2D eigenvalue weighted by Gasteiger charge is 2.20. The van der Waals surface area contributed by atoms with Crippen LogP contribution in [-0.2, 0) is 11.4 Å². The van der Waals surface area contributed by atoms with E-state index >= 15 is 0 Å². The second-order valence-electron chi connectivity index (χ2n) is 6.90. The molecule has 0 aliphatic rings. The maximum Gasteiger partial charge on any atom is 0.277 e. The number of rotatable bonds is 8. The number of nitrogens with zero attached hydrogens (tertiary/aromatic N) is 2. The minimum atomic E-state index is -0.502. The van der Waals surface area contributed by atoms with Crippen LogP contribution < -0.4 is 10.1 Å². The normalized spacial score (nSPS) is 11.7. The molecule has 1 heterocycles. The van der Waals surface area contributed by atoms with E-state index in [9.17, 15) is 9.18 Å². The lowest BCUT2D eigenvalue weighted by molar-refractivity contribution is -0.115. The van der Waals surface area contributed by atoms with Gasteiger partial charge in [0, 0.05) is 5.69 Å². The number of hydrogen-bond donors (Lipinski definition) is 1. The van der Waals surface area contributed by atoms with Gasteiger partial charge in [-0.1, -0.05) is 54.2 Å². The van der Waals surface area contributed by atoms with Gasteiger partial charge in [0.15, 0.2) is 0 Å². The van der Waals surface area contributed by atoms with Crippen molar-refractivity contribution in [1.29, 1.82) is 0 Å². The van der Waals surface area contributed by atoms with Crippen LogP contribution in [0.15, 0.2) is 88.5 Å². The highest BCUT2D eigenvalue weighted by Crippen LogP contribution is 2.28. The van der Waals surface area contributed by atoms with E-state index in [1.165, 1.54) is 6.07 Å². The maximum atomic E-state index is 13.9. The zero-order valence-electron chi connectivity index (χ0n) is 17.2. The molecule has 0 saturated carbocycles. The Labute approximate surface area is 188 Å². The first-order chi connectivity index (χ1) is 15.6. The molecule has 162 valence electrons. The molecular formula is C24H20FN3O3S. The van der Waals surface area contributed by atoms with E-state index in [4.69, 9.17) is 9.15 Å². The molecule has 0 bridgehead atoms. The maximum absolute atomic E-state index is 13.9. The van der Waals surface area contributed by atoms with E-state index in [0.29, 0.717) is 18.0 Å². The number of anilines is 1. The van der Waals surface area contributed by atoms with Crippen LogP contribution in [0.5, 0.6) is 5.75 Å². The lowest BCUT2D eigenvalue weighted by Crippen LogP contribution is -2.22. The number of aromatic nitrogens is 2. The second kappa shape index (κ2) is 10.1. The molecule has 0 spiro atoms. The van der Waals surface area contributed by atoms with Gasteiger partial charge in [-0.3, -0.25) is 4.79 Å². The van der Waals surface area contributed by atoms with Crippen molar-refractivity contribution in [2.24, 2.45) is 0 Å². The van der Waals surface area contributed by atoms with Gasteiger partial charge >= 0.3 is 0 Å². The topological polar surface area (TPSA) is 77.2 Å². The predicted molar refractivity (Wildman–Crippen MR) is 121 cm³/mol. The third-order valence-corrected chi connectivity index (χ3v) is 5.46. The Morgan fingerprint density at radius 1 is 1.03 bits per heavy atom. The van der Waals surface area contributed by atoms with Crippen molar-refractivity contribution in [2.75, 3.05) is 5.32 Å². The van der Waals surface area contributed by atoms with Gasteiger partial charge in [-0.15, -0.1) is 10.2 Å². The summed E-state index contributed by atoms with van der Waals surface area (Å²) in [5.41, 5.74) is 1.94. The van der Waals surface area contributed by atoms with E-state index in [1.54, 1.807) is 49.4 Å². The van der Waals surface area contributed by atoms with Gasteiger partial charge in [-0.05, 0) is 48.9 Å². The van der Waals surface area contributed by atoms with Gasteiger partial charge in [0.2, 0.25) is 5.91 Å². The van der Waals surface area contributed by atoms with Crippen molar-refractivity contribution in [1.82, 2.24) is 10.2 Å². The lowest BCUT2D eigenvalue weighted by Gasteiger charge is -2.11. The average Bonchev–Trinajstić information content (AvgIpc) is 3.27. The number of halogens is 1. The summed E-state index contributed by atoms with van der Waals surface area (Å²) in [6.07, 6.45) is 0. The van der Waals surface area contributed by atoms with Crippen molar-refractivity contribution in [3.63, 3.8) is 0 Å². The van der Waals surface area contributed by atoms with Crippen molar-refractivity contribution < 1.29 is 18.3 Å². The van der Waals surface area contributed by atoms with Crippen molar-refractivity contribution in [3.8, 4) is 17.2 Å². The number of ether oxygens (including phenoxy) is 1. The van der Waals surface area contributed by atoms with E-state index in [2.05, 4.69) is 15.5 Å². The molecule has 1 aromatic heterocycles. The summed E-state index contributed by atoms with van der Waals surface area (Å²) < 4.78 is 25.1. The summed E-state index contributed by atoms with van der Waals surface area (Å²) in [5, 5.41) is 10.3. The Hall–Kier alpha value is -3.65. The zero-order chi connectivity index (χ0) is 22.3. The summed E-state index contributed by atoms with van der Waals surface area (Å²) in [6.45, 7) is 2.20. The zero-order valence-corrected chi connectivity index (χ0v) is 18.0. The molecule has 0 aliphatic heterocycles. The fourth-order valence-corrected chi connectivity index (χ4v) is 3.51. The molecule has 8 heteroatoms. The fraction of sp³-hybridized carbons (Fsp3) is 0.125. The summed E-state index contributed by atoms with van der Waals surface area (Å²) in [5.74, 6) is 0.110. The number of nitrogens with one attached hydrogen (secondary N) is 1. The molecule has 32 heavy (non-hydrogen) atoms. The van der Waals surface area contributed by atoms with Crippen molar-refractivity contribution in [3.05, 3.63) is 90.2 Å². The molecule has 1 atom stereocenters. The summed E-state index contributed by atoms with van der Waals surface area (Å²) in [4.78, 5) is 12.5. The number of hydrogen-bond acceptors (Lipinski definition) is 6. The quantitative estimate of drug-likeness (QED) is 0.354. The van der Waals surface area contributed by atoms with Crippen LogP contribution in [0.2, 0.25) is 0 Å². The van der Waals surface area contributed by atoms with Crippen LogP contribution >= 0.6 is 11.8 Å². The van der Waals surface area contributed by atoms with Crippen LogP contribution in [0.4, 0.5) is 10.1 Å². The number of benzene rings is 3. The van der Waals surface area contributed by atoms with Crippen LogP contribution in [0.3, 0.4) is 0 Å². The first kappa shape index (κ1) is 21.6. The SMILES string of the molecule is C[C@@H](Sc1nnc(-c2ccccc2F)o1)C(=O)Nc1ccc(OCc2ccccc2)cc1. The standard InChI is InChI=1S/C24H20FN3O3S/c1-16(32-24-28-27-23(31-24)20-9-5-6-10-21(20)25)22(29)26-18-11-13-19(14-12-18)30-15-17-7-3-2-4-8-17/h2-14,16H,15H2,1H3,(H,26,29)/t16-/m1/s1. The molecule has 6 nitrogen and oxygen atoms in total. The highest BCUT2D eigenvalue weighted by atomic mass is 32.2. The lowest BCUT2D eigenvalue weighted by atomic mass is 10.2.